The zero-order valence-electron chi connectivity index (χ0n) is 11.1. The van der Waals surface area contributed by atoms with Crippen LogP contribution in [-0.4, -0.2) is 21.9 Å². The van der Waals surface area contributed by atoms with Gasteiger partial charge in [0.05, 0.1) is 6.61 Å². The van der Waals surface area contributed by atoms with Gasteiger partial charge in [0.15, 0.2) is 11.5 Å². The lowest BCUT2D eigenvalue weighted by molar-refractivity contribution is 0.280. The van der Waals surface area contributed by atoms with Gasteiger partial charge in [-0.15, -0.1) is 0 Å². The van der Waals surface area contributed by atoms with E-state index in [0.717, 1.165) is 25.7 Å². The molecular formula is C14H22O4. The van der Waals surface area contributed by atoms with Crippen LogP contribution >= 0.6 is 0 Å². The molecule has 0 spiro atoms. The standard InChI is InChI=1S/C14H22O4/c1-3-5-6-7-8-18-12-9-11(15)10(4-2)13(16)14(12)17/h9,15-17H,3-8H2,1-2H3. The first-order valence-electron chi connectivity index (χ1n) is 6.51. The third-order valence-electron chi connectivity index (χ3n) is 2.93. The Kier molecular flexibility index (Phi) is 5.62. The number of phenolic OH excluding ortho intramolecular Hbond substituents is 3. The summed E-state index contributed by atoms with van der Waals surface area (Å²) >= 11 is 0. The summed E-state index contributed by atoms with van der Waals surface area (Å²) in [5.41, 5.74) is 0.339. The Bertz CT molecular complexity index is 388. The molecule has 4 nitrogen and oxygen atoms in total. The van der Waals surface area contributed by atoms with E-state index in [9.17, 15) is 15.3 Å². The molecule has 3 N–H and O–H groups in total. The predicted molar refractivity (Wildman–Crippen MR) is 70.5 cm³/mol. The Labute approximate surface area is 108 Å². The molecule has 0 bridgehead atoms. The van der Waals surface area contributed by atoms with Crippen LogP contribution in [0.4, 0.5) is 0 Å². The largest absolute Gasteiger partial charge is 0.507 e. The maximum atomic E-state index is 9.75. The minimum Gasteiger partial charge on any atom is -0.507 e. The molecule has 0 atom stereocenters. The van der Waals surface area contributed by atoms with Crippen molar-refractivity contribution in [3.8, 4) is 23.0 Å². The topological polar surface area (TPSA) is 69.9 Å². The second-order valence-electron chi connectivity index (χ2n) is 4.33. The van der Waals surface area contributed by atoms with Crippen LogP contribution in [-0.2, 0) is 6.42 Å². The molecule has 0 radical (unpaired) electrons. The Morgan fingerprint density at radius 2 is 1.72 bits per heavy atom. The number of benzene rings is 1. The summed E-state index contributed by atoms with van der Waals surface area (Å²) in [6.07, 6.45) is 4.72. The summed E-state index contributed by atoms with van der Waals surface area (Å²) in [5.74, 6) is -0.490. The van der Waals surface area contributed by atoms with Crippen LogP contribution in [0.2, 0.25) is 0 Å². The fourth-order valence-corrected chi connectivity index (χ4v) is 1.83. The van der Waals surface area contributed by atoms with Crippen molar-refractivity contribution in [1.29, 1.82) is 0 Å². The SMILES string of the molecule is CCCCCCOc1cc(O)c(CC)c(O)c1O. The van der Waals surface area contributed by atoms with E-state index in [4.69, 9.17) is 4.74 Å². The summed E-state index contributed by atoms with van der Waals surface area (Å²) in [5, 5.41) is 29.1. The average molecular weight is 254 g/mol. The molecule has 102 valence electrons. The lowest BCUT2D eigenvalue weighted by atomic mass is 10.1. The van der Waals surface area contributed by atoms with Crippen LogP contribution in [0.3, 0.4) is 0 Å². The Balaban J connectivity index is 2.66. The van der Waals surface area contributed by atoms with Gasteiger partial charge < -0.3 is 20.1 Å². The van der Waals surface area contributed by atoms with Gasteiger partial charge in [0, 0.05) is 11.6 Å². The third-order valence-corrected chi connectivity index (χ3v) is 2.93. The Morgan fingerprint density at radius 1 is 1.00 bits per heavy atom. The molecule has 1 rings (SSSR count). The number of hydrogen-bond donors (Lipinski definition) is 3. The number of aromatic hydroxyl groups is 3. The number of ether oxygens (including phenoxy) is 1. The lowest BCUT2D eigenvalue weighted by Gasteiger charge is -2.12. The van der Waals surface area contributed by atoms with Crippen LogP contribution in [0.1, 0.15) is 45.1 Å². The molecule has 0 aliphatic heterocycles. The zero-order chi connectivity index (χ0) is 13.5. The van der Waals surface area contributed by atoms with E-state index in [1.165, 1.54) is 6.07 Å². The summed E-state index contributed by atoms with van der Waals surface area (Å²) in [7, 11) is 0. The Hall–Kier alpha value is -1.58. The van der Waals surface area contributed by atoms with Crippen molar-refractivity contribution in [2.24, 2.45) is 0 Å². The number of unbranched alkanes of at least 4 members (excludes halogenated alkanes) is 3. The fraction of sp³-hybridized carbons (Fsp3) is 0.571. The van der Waals surface area contributed by atoms with Crippen molar-refractivity contribution in [3.05, 3.63) is 11.6 Å². The molecule has 0 aromatic heterocycles. The molecule has 0 saturated carbocycles. The van der Waals surface area contributed by atoms with Crippen molar-refractivity contribution >= 4 is 0 Å². The van der Waals surface area contributed by atoms with Gasteiger partial charge in [-0.2, -0.15) is 0 Å². The molecule has 18 heavy (non-hydrogen) atoms. The van der Waals surface area contributed by atoms with Crippen LogP contribution in [0.5, 0.6) is 23.0 Å². The molecule has 0 aliphatic carbocycles. The van der Waals surface area contributed by atoms with Gasteiger partial charge in [0.25, 0.3) is 0 Å². The summed E-state index contributed by atoms with van der Waals surface area (Å²) in [6, 6.07) is 1.35. The minimum absolute atomic E-state index is 0.0450. The van der Waals surface area contributed by atoms with Gasteiger partial charge in [-0.25, -0.2) is 0 Å². The van der Waals surface area contributed by atoms with Crippen LogP contribution in [0, 0.1) is 0 Å². The summed E-state index contributed by atoms with van der Waals surface area (Å²) < 4.78 is 5.37. The second-order valence-corrected chi connectivity index (χ2v) is 4.33. The first kappa shape index (κ1) is 14.5. The van der Waals surface area contributed by atoms with E-state index in [2.05, 4.69) is 6.92 Å². The maximum Gasteiger partial charge on any atom is 0.201 e. The lowest BCUT2D eigenvalue weighted by Crippen LogP contribution is -1.98. The monoisotopic (exact) mass is 254 g/mol. The van der Waals surface area contributed by atoms with Crippen molar-refractivity contribution in [1.82, 2.24) is 0 Å². The van der Waals surface area contributed by atoms with Crippen molar-refractivity contribution in [3.63, 3.8) is 0 Å². The van der Waals surface area contributed by atoms with E-state index in [0.29, 0.717) is 18.6 Å². The predicted octanol–water partition coefficient (Wildman–Crippen LogP) is 3.32. The molecule has 0 fully saturated rings. The second kappa shape index (κ2) is 6.99. The van der Waals surface area contributed by atoms with Gasteiger partial charge >= 0.3 is 0 Å². The number of rotatable bonds is 7. The van der Waals surface area contributed by atoms with Crippen molar-refractivity contribution in [2.45, 2.75) is 46.0 Å². The van der Waals surface area contributed by atoms with Crippen LogP contribution in [0.25, 0.3) is 0 Å². The molecule has 1 aromatic carbocycles. The average Bonchev–Trinajstić information content (AvgIpc) is 2.35. The highest BCUT2D eigenvalue weighted by atomic mass is 16.5. The third kappa shape index (κ3) is 3.45. The van der Waals surface area contributed by atoms with Crippen molar-refractivity contribution in [2.75, 3.05) is 6.61 Å². The first-order chi connectivity index (χ1) is 8.61. The Morgan fingerprint density at radius 3 is 2.33 bits per heavy atom. The first-order valence-corrected chi connectivity index (χ1v) is 6.51. The van der Waals surface area contributed by atoms with Crippen LogP contribution < -0.4 is 4.74 Å². The van der Waals surface area contributed by atoms with Gasteiger partial charge in [-0.05, 0) is 12.8 Å². The molecule has 4 heteroatoms. The molecule has 0 heterocycles. The molecule has 0 saturated heterocycles. The maximum absolute atomic E-state index is 9.75. The van der Waals surface area contributed by atoms with E-state index in [1.807, 2.05) is 0 Å². The van der Waals surface area contributed by atoms with E-state index >= 15 is 0 Å². The number of phenols is 3. The van der Waals surface area contributed by atoms with Crippen LogP contribution in [0.15, 0.2) is 6.07 Å². The van der Waals surface area contributed by atoms with Crippen molar-refractivity contribution < 1.29 is 20.1 Å². The summed E-state index contributed by atoms with van der Waals surface area (Å²) in [4.78, 5) is 0. The zero-order valence-corrected chi connectivity index (χ0v) is 11.1. The normalized spacial score (nSPS) is 10.6. The van der Waals surface area contributed by atoms with E-state index in [-0.39, 0.29) is 23.0 Å². The summed E-state index contributed by atoms with van der Waals surface area (Å²) in [6.45, 7) is 4.39. The van der Waals surface area contributed by atoms with E-state index < -0.39 is 0 Å². The van der Waals surface area contributed by atoms with Gasteiger partial charge in [0.2, 0.25) is 5.75 Å². The smallest absolute Gasteiger partial charge is 0.201 e. The number of hydrogen-bond acceptors (Lipinski definition) is 4. The molecule has 0 aliphatic rings. The fourth-order valence-electron chi connectivity index (χ4n) is 1.83. The van der Waals surface area contributed by atoms with Gasteiger partial charge in [0.1, 0.15) is 5.75 Å². The molecule has 0 unspecified atom stereocenters. The van der Waals surface area contributed by atoms with Gasteiger partial charge in [-0.3, -0.25) is 0 Å². The molecule has 1 aromatic rings. The highest BCUT2D eigenvalue weighted by molar-refractivity contribution is 5.59. The molecule has 0 amide bonds. The van der Waals surface area contributed by atoms with E-state index in [1.54, 1.807) is 6.92 Å². The highest BCUT2D eigenvalue weighted by Gasteiger charge is 2.16. The van der Waals surface area contributed by atoms with Gasteiger partial charge in [-0.1, -0.05) is 33.1 Å². The molecular weight excluding hydrogens is 232 g/mol. The highest BCUT2D eigenvalue weighted by Crippen LogP contribution is 2.43. The quantitative estimate of drug-likeness (QED) is 0.396. The minimum atomic E-state index is -0.292.